The van der Waals surface area contributed by atoms with Gasteiger partial charge in [-0.2, -0.15) is 0 Å². The molecule has 3 aromatic rings. The van der Waals surface area contributed by atoms with Crippen LogP contribution in [0.25, 0.3) is 22.2 Å². The van der Waals surface area contributed by atoms with E-state index in [1.807, 2.05) is 63.2 Å². The van der Waals surface area contributed by atoms with Crippen LogP contribution in [0.2, 0.25) is 0 Å². The van der Waals surface area contributed by atoms with E-state index in [4.69, 9.17) is 4.52 Å². The Morgan fingerprint density at radius 1 is 1.21 bits per heavy atom. The van der Waals surface area contributed by atoms with Crippen LogP contribution >= 0.6 is 15.9 Å². The Labute approximate surface area is 152 Å². The van der Waals surface area contributed by atoms with Crippen LogP contribution in [0.1, 0.15) is 26.3 Å². The van der Waals surface area contributed by atoms with E-state index in [0.717, 1.165) is 32.3 Å². The summed E-state index contributed by atoms with van der Waals surface area (Å²) in [5.41, 5.74) is 3.20. The highest BCUT2D eigenvalue weighted by atomic mass is 79.9. The van der Waals surface area contributed by atoms with Crippen LogP contribution < -0.4 is 0 Å². The van der Waals surface area contributed by atoms with Crippen molar-refractivity contribution in [3.8, 4) is 11.3 Å². The Morgan fingerprint density at radius 3 is 2.71 bits per heavy atom. The fraction of sp³-hybridized carbons (Fsp3) is 0.222. The molecule has 1 heterocycles. The molecule has 4 nitrogen and oxygen atoms in total. The van der Waals surface area contributed by atoms with Crippen molar-refractivity contribution in [2.45, 2.75) is 25.5 Å². The maximum absolute atomic E-state index is 12.2. The highest BCUT2D eigenvalue weighted by Crippen LogP contribution is 2.32. The predicted octanol–water partition coefficient (Wildman–Crippen LogP) is 5.14. The van der Waals surface area contributed by atoms with E-state index in [-0.39, 0.29) is 0 Å². The smallest absolute Gasteiger partial charge is 0.167 e. The Hall–Kier alpha value is -1.63. The van der Waals surface area contributed by atoms with Crippen molar-refractivity contribution in [2.75, 3.05) is 0 Å². The number of aromatic nitrogens is 1. The lowest BCUT2D eigenvalue weighted by molar-refractivity contribution is 0.459. The van der Waals surface area contributed by atoms with E-state index >= 15 is 0 Å². The van der Waals surface area contributed by atoms with Crippen molar-refractivity contribution in [1.82, 2.24) is 5.16 Å². The van der Waals surface area contributed by atoms with Crippen LogP contribution in [0, 0.1) is 0 Å². The van der Waals surface area contributed by atoms with E-state index in [0.29, 0.717) is 0 Å². The van der Waals surface area contributed by atoms with Crippen molar-refractivity contribution < 1.29 is 9.08 Å². The third kappa shape index (κ3) is 3.55. The highest BCUT2D eigenvalue weighted by molar-refractivity contribution is 9.10. The van der Waals surface area contributed by atoms with Crippen molar-refractivity contribution in [2.24, 2.45) is 4.40 Å². The number of nitrogens with zero attached hydrogens (tertiary/aromatic N) is 2. The van der Waals surface area contributed by atoms with E-state index in [1.54, 1.807) is 6.21 Å². The molecule has 1 atom stereocenters. The highest BCUT2D eigenvalue weighted by Gasteiger charge is 2.26. The molecule has 124 valence electrons. The van der Waals surface area contributed by atoms with E-state index in [9.17, 15) is 4.55 Å². The van der Waals surface area contributed by atoms with Crippen molar-refractivity contribution >= 4 is 44.5 Å². The number of benzene rings is 2. The lowest BCUT2D eigenvalue weighted by Gasteiger charge is -2.17. The van der Waals surface area contributed by atoms with Crippen molar-refractivity contribution in [3.63, 3.8) is 0 Å². The van der Waals surface area contributed by atoms with E-state index in [2.05, 4.69) is 25.5 Å². The molecule has 1 aromatic heterocycles. The van der Waals surface area contributed by atoms with Crippen LogP contribution in [0.4, 0.5) is 0 Å². The molecule has 0 aliphatic carbocycles. The van der Waals surface area contributed by atoms with Crippen LogP contribution in [-0.2, 0) is 11.4 Å². The van der Waals surface area contributed by atoms with Crippen LogP contribution in [0.15, 0.2) is 55.9 Å². The first kappa shape index (κ1) is 17.2. The minimum absolute atomic E-state index is 0.396. The third-order valence-corrected chi connectivity index (χ3v) is 5.30. The van der Waals surface area contributed by atoms with E-state index < -0.39 is 16.1 Å². The Kier molecular flexibility index (Phi) is 4.80. The molecule has 24 heavy (non-hydrogen) atoms. The number of fused-ring (bicyclic) bond motifs is 1. The van der Waals surface area contributed by atoms with Crippen LogP contribution in [0.5, 0.6) is 0 Å². The first-order valence-corrected chi connectivity index (χ1v) is 9.36. The molecule has 3 rings (SSSR count). The number of halogens is 1. The summed E-state index contributed by atoms with van der Waals surface area (Å²) in [5, 5.41) is 5.14. The van der Waals surface area contributed by atoms with Crippen molar-refractivity contribution in [1.29, 1.82) is 0 Å². The first-order valence-electron chi connectivity index (χ1n) is 7.46. The Balaban J connectivity index is 2.08. The minimum Gasteiger partial charge on any atom is -0.591 e. The van der Waals surface area contributed by atoms with Crippen LogP contribution in [0.3, 0.4) is 0 Å². The van der Waals surface area contributed by atoms with Gasteiger partial charge in [0.1, 0.15) is 21.8 Å². The quantitative estimate of drug-likeness (QED) is 0.448. The molecule has 1 unspecified atom stereocenters. The molecular weight excluding hydrogens is 388 g/mol. The maximum Gasteiger partial charge on any atom is 0.167 e. The zero-order valence-corrected chi connectivity index (χ0v) is 16.0. The second-order valence-corrected chi connectivity index (χ2v) is 9.20. The van der Waals surface area contributed by atoms with Gasteiger partial charge in [0.05, 0.1) is 6.21 Å². The van der Waals surface area contributed by atoms with Gasteiger partial charge >= 0.3 is 0 Å². The topological polar surface area (TPSA) is 61.5 Å². The van der Waals surface area contributed by atoms with Gasteiger partial charge in [-0.3, -0.25) is 0 Å². The molecule has 0 fully saturated rings. The molecular formula is C18H17BrN2O2S. The zero-order valence-electron chi connectivity index (χ0n) is 13.6. The number of rotatable bonds is 3. The summed E-state index contributed by atoms with van der Waals surface area (Å²) in [6.07, 6.45) is 1.65. The summed E-state index contributed by atoms with van der Waals surface area (Å²) < 4.78 is 22.3. The number of hydrogen-bond acceptors (Lipinski definition) is 4. The molecule has 0 saturated carbocycles. The molecule has 6 heteroatoms. The standard InChI is InChI=1S/C18H17BrN2O2S/c1-18(2,3)24(22)20-11-12-8-9-13(19)10-15(12)17-14-6-4-5-7-16(14)23-21-17/h4-11H,1-3H3. The predicted molar refractivity (Wildman–Crippen MR) is 103 cm³/mol. The minimum atomic E-state index is -1.31. The van der Waals surface area contributed by atoms with Gasteiger partial charge in [0.2, 0.25) is 0 Å². The number of para-hydroxylation sites is 1. The van der Waals surface area contributed by atoms with Gasteiger partial charge in [0, 0.05) is 21.0 Å². The van der Waals surface area contributed by atoms with E-state index in [1.165, 1.54) is 0 Å². The van der Waals surface area contributed by atoms with Gasteiger partial charge in [-0.25, -0.2) is 0 Å². The molecule has 0 bridgehead atoms. The Bertz CT molecular complexity index is 899. The fourth-order valence-electron chi connectivity index (χ4n) is 2.19. The average molecular weight is 405 g/mol. The molecule has 0 amide bonds. The van der Waals surface area contributed by atoms with Gasteiger partial charge in [-0.1, -0.05) is 43.7 Å². The zero-order chi connectivity index (χ0) is 17.3. The lowest BCUT2D eigenvalue weighted by atomic mass is 10.0. The summed E-state index contributed by atoms with van der Waals surface area (Å²) in [6, 6.07) is 13.5. The SMILES string of the molecule is CC(C)(C)[S+]([O-])N=Cc1ccc(Br)cc1-c1noc2ccccc12. The molecule has 0 radical (unpaired) electrons. The summed E-state index contributed by atoms with van der Waals surface area (Å²) in [7, 11) is 0. The molecule has 0 N–H and O–H groups in total. The van der Waals surface area contributed by atoms with Crippen LogP contribution in [-0.4, -0.2) is 20.7 Å². The molecule has 0 aliphatic rings. The number of hydrogen-bond donors (Lipinski definition) is 0. The monoisotopic (exact) mass is 404 g/mol. The molecule has 2 aromatic carbocycles. The Morgan fingerprint density at radius 2 is 1.96 bits per heavy atom. The summed E-state index contributed by atoms with van der Waals surface area (Å²) in [6.45, 7) is 5.69. The van der Waals surface area contributed by atoms with Gasteiger partial charge < -0.3 is 9.08 Å². The normalized spacial score (nSPS) is 13.7. The maximum atomic E-state index is 12.2. The van der Waals surface area contributed by atoms with Gasteiger partial charge in [-0.05, 0) is 45.0 Å². The molecule has 0 aliphatic heterocycles. The second kappa shape index (κ2) is 6.70. The van der Waals surface area contributed by atoms with Crippen molar-refractivity contribution in [3.05, 3.63) is 52.5 Å². The third-order valence-electron chi connectivity index (χ3n) is 3.46. The molecule has 0 spiro atoms. The van der Waals surface area contributed by atoms with Gasteiger partial charge in [0.15, 0.2) is 5.58 Å². The average Bonchev–Trinajstić information content (AvgIpc) is 2.96. The lowest BCUT2D eigenvalue weighted by Crippen LogP contribution is -2.25. The summed E-state index contributed by atoms with van der Waals surface area (Å²) >= 11 is 2.18. The largest absolute Gasteiger partial charge is 0.591 e. The second-order valence-electron chi connectivity index (χ2n) is 6.35. The first-order chi connectivity index (χ1) is 11.4. The van der Waals surface area contributed by atoms with Gasteiger partial charge in [0.25, 0.3) is 0 Å². The fourth-order valence-corrected chi connectivity index (χ4v) is 3.08. The summed E-state index contributed by atoms with van der Waals surface area (Å²) in [4.78, 5) is 0. The summed E-state index contributed by atoms with van der Waals surface area (Å²) in [5.74, 6) is 0. The molecule has 0 saturated heterocycles. The van der Waals surface area contributed by atoms with Gasteiger partial charge in [-0.15, -0.1) is 0 Å².